The Bertz CT molecular complexity index is 641. The highest BCUT2D eigenvalue weighted by Crippen LogP contribution is 2.49. The van der Waals surface area contributed by atoms with Crippen LogP contribution >= 0.6 is 11.6 Å². The summed E-state index contributed by atoms with van der Waals surface area (Å²) < 4.78 is 5.06. The molecule has 2 aromatic rings. The van der Waals surface area contributed by atoms with Gasteiger partial charge in [0.15, 0.2) is 0 Å². The highest BCUT2D eigenvalue weighted by Gasteiger charge is 2.46. The van der Waals surface area contributed by atoms with Crippen LogP contribution in [0.4, 0.5) is 0 Å². The summed E-state index contributed by atoms with van der Waals surface area (Å²) in [5, 5.41) is 2.85. The topological polar surface area (TPSA) is 39.2 Å². The molecule has 1 aliphatic rings. The van der Waals surface area contributed by atoms with Crippen LogP contribution in [0.15, 0.2) is 30.5 Å². The van der Waals surface area contributed by atoms with Crippen molar-refractivity contribution in [2.45, 2.75) is 19.3 Å². The smallest absolute Gasteiger partial charge is 0.309 e. The van der Waals surface area contributed by atoms with Crippen LogP contribution in [0.1, 0.15) is 25.0 Å². The highest BCUT2D eigenvalue weighted by atomic mass is 35.5. The predicted molar refractivity (Wildman–Crippen MR) is 74.2 cm³/mol. The number of benzene rings is 1. The fraction of sp³-hybridized carbons (Fsp3) is 0.333. The molecule has 0 amide bonds. The Morgan fingerprint density at radius 2 is 2.32 bits per heavy atom. The molecule has 0 aliphatic heterocycles. The van der Waals surface area contributed by atoms with Gasteiger partial charge >= 0.3 is 5.97 Å². The fourth-order valence-corrected chi connectivity index (χ4v) is 2.66. The number of nitrogens with zero attached hydrogens (tertiary/aromatic N) is 1. The van der Waals surface area contributed by atoms with Gasteiger partial charge in [0.25, 0.3) is 0 Å². The van der Waals surface area contributed by atoms with Crippen molar-refractivity contribution < 1.29 is 9.53 Å². The zero-order valence-electron chi connectivity index (χ0n) is 10.6. The lowest BCUT2D eigenvalue weighted by Gasteiger charge is -2.05. The molecule has 0 bridgehead atoms. The number of carbonyl (C=O) groups excluding carboxylic acids is 1. The summed E-state index contributed by atoms with van der Waals surface area (Å²) in [6, 6.07) is 7.69. The van der Waals surface area contributed by atoms with Gasteiger partial charge in [-0.3, -0.25) is 9.78 Å². The van der Waals surface area contributed by atoms with Crippen LogP contribution in [0.5, 0.6) is 0 Å². The van der Waals surface area contributed by atoms with Crippen LogP contribution < -0.4 is 0 Å². The van der Waals surface area contributed by atoms with Crippen LogP contribution in [0.3, 0.4) is 0 Å². The van der Waals surface area contributed by atoms with E-state index >= 15 is 0 Å². The van der Waals surface area contributed by atoms with Crippen molar-refractivity contribution >= 4 is 28.3 Å². The maximum atomic E-state index is 11.7. The van der Waals surface area contributed by atoms with Gasteiger partial charge in [-0.15, -0.1) is 0 Å². The van der Waals surface area contributed by atoms with Crippen LogP contribution in [-0.2, 0) is 9.53 Å². The number of hydrogen-bond acceptors (Lipinski definition) is 3. The minimum atomic E-state index is -0.111. The Balaban J connectivity index is 1.93. The summed E-state index contributed by atoms with van der Waals surface area (Å²) in [6.45, 7) is 2.26. The van der Waals surface area contributed by atoms with E-state index < -0.39 is 0 Å². The van der Waals surface area contributed by atoms with E-state index in [1.165, 1.54) is 0 Å². The van der Waals surface area contributed by atoms with Gasteiger partial charge < -0.3 is 4.74 Å². The van der Waals surface area contributed by atoms with Gasteiger partial charge in [-0.2, -0.15) is 0 Å². The van der Waals surface area contributed by atoms with Gasteiger partial charge in [-0.05, 0) is 36.9 Å². The third kappa shape index (κ3) is 2.30. The second-order valence-corrected chi connectivity index (χ2v) is 5.20. The van der Waals surface area contributed by atoms with Crippen molar-refractivity contribution in [2.24, 2.45) is 5.92 Å². The maximum Gasteiger partial charge on any atom is 0.309 e. The summed E-state index contributed by atoms with van der Waals surface area (Å²) >= 11 is 5.99. The van der Waals surface area contributed by atoms with E-state index in [1.54, 1.807) is 6.20 Å². The van der Waals surface area contributed by atoms with Gasteiger partial charge in [-0.25, -0.2) is 0 Å². The molecule has 0 spiro atoms. The first kappa shape index (κ1) is 12.4. The molecular formula is C15H14ClNO2. The van der Waals surface area contributed by atoms with Gasteiger partial charge in [0.2, 0.25) is 0 Å². The molecule has 1 fully saturated rings. The average Bonchev–Trinajstić information content (AvgIpc) is 3.18. The molecule has 0 N–H and O–H groups in total. The predicted octanol–water partition coefficient (Wildman–Crippen LogP) is 3.55. The quantitative estimate of drug-likeness (QED) is 0.804. The lowest BCUT2D eigenvalue weighted by Crippen LogP contribution is -2.07. The summed E-state index contributed by atoms with van der Waals surface area (Å²) in [4.78, 5) is 16.1. The van der Waals surface area contributed by atoms with Crippen molar-refractivity contribution in [2.75, 3.05) is 6.61 Å². The molecule has 2 atom stereocenters. The number of halogens is 1. The van der Waals surface area contributed by atoms with E-state index in [0.29, 0.717) is 11.6 Å². The molecule has 0 saturated heterocycles. The summed E-state index contributed by atoms with van der Waals surface area (Å²) in [7, 11) is 0. The second-order valence-electron chi connectivity index (χ2n) is 4.76. The average molecular weight is 276 g/mol. The Morgan fingerprint density at radius 1 is 1.47 bits per heavy atom. The number of hydrogen-bond donors (Lipinski definition) is 0. The van der Waals surface area contributed by atoms with E-state index in [-0.39, 0.29) is 17.8 Å². The van der Waals surface area contributed by atoms with Gasteiger partial charge in [0.1, 0.15) is 0 Å². The van der Waals surface area contributed by atoms with Crippen molar-refractivity contribution in [1.82, 2.24) is 4.98 Å². The van der Waals surface area contributed by atoms with Crippen molar-refractivity contribution in [3.8, 4) is 0 Å². The molecule has 3 nitrogen and oxygen atoms in total. The number of pyridine rings is 1. The first-order valence-corrected chi connectivity index (χ1v) is 6.79. The molecule has 1 heterocycles. The van der Waals surface area contributed by atoms with Gasteiger partial charge in [-0.1, -0.05) is 17.7 Å². The molecule has 1 aliphatic carbocycles. The molecule has 0 radical (unpaired) electrons. The zero-order valence-corrected chi connectivity index (χ0v) is 11.4. The number of carbonyl (C=O) groups is 1. The lowest BCUT2D eigenvalue weighted by molar-refractivity contribution is -0.144. The molecular weight excluding hydrogens is 262 g/mol. The first-order valence-electron chi connectivity index (χ1n) is 6.41. The van der Waals surface area contributed by atoms with Crippen LogP contribution in [-0.4, -0.2) is 17.6 Å². The van der Waals surface area contributed by atoms with E-state index in [9.17, 15) is 4.79 Å². The molecule has 19 heavy (non-hydrogen) atoms. The summed E-state index contributed by atoms with van der Waals surface area (Å²) in [6.07, 6.45) is 2.60. The van der Waals surface area contributed by atoms with E-state index in [1.807, 2.05) is 31.2 Å². The summed E-state index contributed by atoms with van der Waals surface area (Å²) in [5.41, 5.74) is 0.979. The number of rotatable bonds is 3. The Morgan fingerprint density at radius 3 is 3.11 bits per heavy atom. The van der Waals surface area contributed by atoms with E-state index in [4.69, 9.17) is 16.3 Å². The molecule has 3 rings (SSSR count). The lowest BCUT2D eigenvalue weighted by atomic mass is 10.1. The largest absolute Gasteiger partial charge is 0.466 e. The third-order valence-corrected chi connectivity index (χ3v) is 3.72. The first-order chi connectivity index (χ1) is 9.20. The maximum absolute atomic E-state index is 11.7. The standard InChI is InChI=1S/C15H14ClNO2/c1-2-19-15(18)13-8-12(13)14-11-4-3-10(16)7-9(11)5-6-17-14/h3-7,12-13H,2,8H2,1H3/t12-,13+/m1/s1. The second kappa shape index (κ2) is 4.82. The highest BCUT2D eigenvalue weighted by molar-refractivity contribution is 6.31. The molecule has 1 saturated carbocycles. The molecule has 98 valence electrons. The number of fused-ring (bicyclic) bond motifs is 1. The van der Waals surface area contributed by atoms with Crippen molar-refractivity contribution in [1.29, 1.82) is 0 Å². The number of esters is 1. The zero-order chi connectivity index (χ0) is 13.4. The van der Waals surface area contributed by atoms with Crippen LogP contribution in [0.2, 0.25) is 5.02 Å². The van der Waals surface area contributed by atoms with Gasteiger partial charge in [0, 0.05) is 22.5 Å². The minimum absolute atomic E-state index is 0.0336. The SMILES string of the molecule is CCOC(=O)[C@H]1C[C@H]1c1nccc2cc(Cl)ccc12. The Kier molecular flexibility index (Phi) is 3.15. The van der Waals surface area contributed by atoms with E-state index in [0.717, 1.165) is 22.9 Å². The normalized spacial score (nSPS) is 21.4. The number of ether oxygens (including phenoxy) is 1. The summed E-state index contributed by atoms with van der Waals surface area (Å²) in [5.74, 6) is 0.0397. The number of aromatic nitrogens is 1. The monoisotopic (exact) mass is 275 g/mol. The molecule has 1 aromatic heterocycles. The Labute approximate surface area is 116 Å². The molecule has 0 unspecified atom stereocenters. The minimum Gasteiger partial charge on any atom is -0.466 e. The van der Waals surface area contributed by atoms with Crippen LogP contribution in [0, 0.1) is 5.92 Å². The molecule has 4 heteroatoms. The van der Waals surface area contributed by atoms with Gasteiger partial charge in [0.05, 0.1) is 18.2 Å². The van der Waals surface area contributed by atoms with Crippen molar-refractivity contribution in [3.05, 3.63) is 41.2 Å². The fourth-order valence-electron chi connectivity index (χ4n) is 2.47. The van der Waals surface area contributed by atoms with E-state index in [2.05, 4.69) is 4.98 Å². The van der Waals surface area contributed by atoms with Crippen LogP contribution in [0.25, 0.3) is 10.8 Å². The molecule has 1 aromatic carbocycles. The third-order valence-electron chi connectivity index (χ3n) is 3.49. The Hall–Kier alpha value is -1.61. The van der Waals surface area contributed by atoms with Crippen molar-refractivity contribution in [3.63, 3.8) is 0 Å².